The fraction of sp³-hybridized carbons (Fsp3) is 0.200. The van der Waals surface area contributed by atoms with Gasteiger partial charge < -0.3 is 15.4 Å². The maximum Gasteiger partial charge on any atom is 0.416 e. The van der Waals surface area contributed by atoms with Crippen LogP contribution in [0.1, 0.15) is 22.3 Å². The van der Waals surface area contributed by atoms with Crippen LogP contribution >= 0.6 is 0 Å². The summed E-state index contributed by atoms with van der Waals surface area (Å²) in [6.07, 6.45) is -4.14. The number of nitrogens with zero attached hydrogens (tertiary/aromatic N) is 2. The van der Waals surface area contributed by atoms with Crippen LogP contribution in [-0.2, 0) is 15.7 Å². The third-order valence-corrected chi connectivity index (χ3v) is 4.69. The molecule has 0 saturated carbocycles. The van der Waals surface area contributed by atoms with E-state index >= 15 is 0 Å². The Bertz CT molecular complexity index is 1220. The van der Waals surface area contributed by atoms with Gasteiger partial charge in [-0.3, -0.25) is 9.78 Å². The highest BCUT2D eigenvalue weighted by Gasteiger charge is 2.31. The molecule has 12 heteroatoms. The van der Waals surface area contributed by atoms with Gasteiger partial charge >= 0.3 is 17.8 Å². The van der Waals surface area contributed by atoms with Crippen molar-refractivity contribution in [2.75, 3.05) is 11.9 Å². The third-order valence-electron chi connectivity index (χ3n) is 4.69. The van der Waals surface area contributed by atoms with Crippen molar-refractivity contribution in [3.63, 3.8) is 0 Å². The van der Waals surface area contributed by atoms with Crippen molar-refractivity contribution in [1.82, 2.24) is 20.1 Å². The quantitative estimate of drug-likeness (QED) is 0.517. The SMILES string of the molecule is O=C(N[C@H]1CCOC1=O)c1ccc(Nc2nn(-c3cccc(C(F)(F)F)c3)c(=O)[nH]2)cc1. The molecule has 3 aromatic rings. The van der Waals surface area contributed by atoms with Gasteiger partial charge in [0.05, 0.1) is 17.9 Å². The molecule has 9 nitrogen and oxygen atoms in total. The molecule has 1 aliphatic heterocycles. The largest absolute Gasteiger partial charge is 0.464 e. The van der Waals surface area contributed by atoms with Crippen LogP contribution in [-0.4, -0.2) is 39.3 Å². The van der Waals surface area contributed by atoms with Crippen LogP contribution in [0.5, 0.6) is 0 Å². The fourth-order valence-corrected chi connectivity index (χ4v) is 3.08. The van der Waals surface area contributed by atoms with Crippen molar-refractivity contribution >= 4 is 23.5 Å². The molecule has 166 valence electrons. The summed E-state index contributed by atoms with van der Waals surface area (Å²) in [5, 5.41) is 9.36. The van der Waals surface area contributed by atoms with E-state index in [0.717, 1.165) is 16.8 Å². The molecule has 0 bridgehead atoms. The van der Waals surface area contributed by atoms with E-state index in [1.807, 2.05) is 0 Å². The number of cyclic esters (lactones) is 1. The van der Waals surface area contributed by atoms with Gasteiger partial charge in [0.25, 0.3) is 5.91 Å². The number of amides is 1. The molecular weight excluding hydrogens is 431 g/mol. The molecule has 2 heterocycles. The predicted octanol–water partition coefficient (Wildman–Crippen LogP) is 2.37. The Balaban J connectivity index is 1.47. The van der Waals surface area contributed by atoms with E-state index < -0.39 is 35.3 Å². The van der Waals surface area contributed by atoms with Crippen LogP contribution in [0.4, 0.5) is 24.8 Å². The van der Waals surface area contributed by atoms with Crippen molar-refractivity contribution in [3.05, 3.63) is 70.1 Å². The smallest absolute Gasteiger partial charge is 0.416 e. The summed E-state index contributed by atoms with van der Waals surface area (Å²) in [6.45, 7) is 0.262. The molecule has 4 rings (SSSR count). The van der Waals surface area contributed by atoms with E-state index in [1.165, 1.54) is 24.3 Å². The molecule has 1 fully saturated rings. The Morgan fingerprint density at radius 1 is 1.16 bits per heavy atom. The molecule has 3 N–H and O–H groups in total. The van der Waals surface area contributed by atoms with E-state index in [-0.39, 0.29) is 18.2 Å². The summed E-state index contributed by atoms with van der Waals surface area (Å²) in [6, 6.07) is 9.64. The van der Waals surface area contributed by atoms with Gasteiger partial charge in [0.15, 0.2) is 0 Å². The molecule has 32 heavy (non-hydrogen) atoms. The van der Waals surface area contributed by atoms with Crippen molar-refractivity contribution in [3.8, 4) is 5.69 Å². The highest BCUT2D eigenvalue weighted by molar-refractivity contribution is 5.97. The first-order valence-electron chi connectivity index (χ1n) is 9.42. The molecular formula is C20H16F3N5O4. The van der Waals surface area contributed by atoms with Gasteiger partial charge in [-0.05, 0) is 42.5 Å². The molecule has 1 aromatic heterocycles. The Morgan fingerprint density at radius 2 is 1.91 bits per heavy atom. The van der Waals surface area contributed by atoms with E-state index in [4.69, 9.17) is 4.74 Å². The lowest BCUT2D eigenvalue weighted by atomic mass is 10.1. The van der Waals surface area contributed by atoms with Crippen molar-refractivity contribution < 1.29 is 27.5 Å². The lowest BCUT2D eigenvalue weighted by Gasteiger charge is -2.09. The Labute approximate surface area is 178 Å². The molecule has 0 spiro atoms. The van der Waals surface area contributed by atoms with Crippen molar-refractivity contribution in [2.24, 2.45) is 0 Å². The molecule has 0 radical (unpaired) electrons. The maximum atomic E-state index is 12.9. The monoisotopic (exact) mass is 447 g/mol. The number of halogens is 3. The minimum absolute atomic E-state index is 0.00156. The van der Waals surface area contributed by atoms with Gasteiger partial charge in [-0.25, -0.2) is 9.59 Å². The number of carbonyl (C=O) groups is 2. The second-order valence-corrected chi connectivity index (χ2v) is 6.92. The summed E-state index contributed by atoms with van der Waals surface area (Å²) >= 11 is 0. The van der Waals surface area contributed by atoms with E-state index in [0.29, 0.717) is 17.7 Å². The highest BCUT2D eigenvalue weighted by atomic mass is 19.4. The number of ether oxygens (including phenoxy) is 1. The van der Waals surface area contributed by atoms with Crippen LogP contribution in [0, 0.1) is 0 Å². The van der Waals surface area contributed by atoms with Crippen molar-refractivity contribution in [1.29, 1.82) is 0 Å². The molecule has 1 amide bonds. The first kappa shape index (κ1) is 21.2. The number of hydrogen-bond acceptors (Lipinski definition) is 6. The Hall–Kier alpha value is -4.09. The number of aromatic nitrogens is 3. The van der Waals surface area contributed by atoms with Crippen molar-refractivity contribution in [2.45, 2.75) is 18.6 Å². The molecule has 1 atom stereocenters. The van der Waals surface area contributed by atoms with Gasteiger partial charge in [-0.2, -0.15) is 17.9 Å². The van der Waals surface area contributed by atoms with Crippen LogP contribution in [0.25, 0.3) is 5.69 Å². The van der Waals surface area contributed by atoms with Crippen LogP contribution in [0.15, 0.2) is 53.3 Å². The molecule has 1 saturated heterocycles. The summed E-state index contributed by atoms with van der Waals surface area (Å²) in [5.74, 6) is -0.919. The number of H-pyrrole nitrogens is 1. The molecule has 0 aliphatic carbocycles. The Kier molecular flexibility index (Phi) is 5.43. The number of anilines is 2. The number of alkyl halides is 3. The molecule has 1 aliphatic rings. The molecule has 0 unspecified atom stereocenters. The number of esters is 1. The van der Waals surface area contributed by atoms with Gasteiger partial charge in [0, 0.05) is 17.7 Å². The second-order valence-electron chi connectivity index (χ2n) is 6.92. The average Bonchev–Trinajstić information content (AvgIpc) is 3.33. The number of aromatic amines is 1. The average molecular weight is 447 g/mol. The zero-order chi connectivity index (χ0) is 22.9. The lowest BCUT2D eigenvalue weighted by Crippen LogP contribution is -2.37. The van der Waals surface area contributed by atoms with Gasteiger partial charge in [-0.1, -0.05) is 6.07 Å². The van der Waals surface area contributed by atoms with Gasteiger partial charge in [0.1, 0.15) is 6.04 Å². The fourth-order valence-electron chi connectivity index (χ4n) is 3.08. The number of carbonyl (C=O) groups excluding carboxylic acids is 2. The topological polar surface area (TPSA) is 118 Å². The maximum absolute atomic E-state index is 12.9. The Morgan fingerprint density at radius 3 is 2.56 bits per heavy atom. The zero-order valence-corrected chi connectivity index (χ0v) is 16.3. The van der Waals surface area contributed by atoms with Crippen LogP contribution < -0.4 is 16.3 Å². The first-order valence-corrected chi connectivity index (χ1v) is 9.42. The van der Waals surface area contributed by atoms with Crippen LogP contribution in [0.3, 0.4) is 0 Å². The summed E-state index contributed by atoms with van der Waals surface area (Å²) in [4.78, 5) is 38.3. The number of hydrogen-bond donors (Lipinski definition) is 3. The number of rotatable bonds is 5. The van der Waals surface area contributed by atoms with Gasteiger partial charge in [0.2, 0.25) is 5.95 Å². The number of benzene rings is 2. The predicted molar refractivity (Wildman–Crippen MR) is 106 cm³/mol. The van der Waals surface area contributed by atoms with E-state index in [2.05, 4.69) is 20.7 Å². The first-order chi connectivity index (χ1) is 15.2. The number of nitrogens with one attached hydrogen (secondary N) is 3. The summed E-state index contributed by atoms with van der Waals surface area (Å²) in [7, 11) is 0. The van der Waals surface area contributed by atoms with E-state index in [1.54, 1.807) is 12.1 Å². The van der Waals surface area contributed by atoms with E-state index in [9.17, 15) is 27.6 Å². The minimum Gasteiger partial charge on any atom is -0.464 e. The normalized spacial score (nSPS) is 16.0. The summed E-state index contributed by atoms with van der Waals surface area (Å²) < 4.78 is 44.4. The minimum atomic E-state index is -4.55. The zero-order valence-electron chi connectivity index (χ0n) is 16.3. The highest BCUT2D eigenvalue weighted by Crippen LogP contribution is 2.30. The lowest BCUT2D eigenvalue weighted by molar-refractivity contribution is -0.139. The second kappa shape index (κ2) is 8.21. The summed E-state index contributed by atoms with van der Waals surface area (Å²) in [5.41, 5.74) is -0.915. The van der Waals surface area contributed by atoms with Crippen LogP contribution in [0.2, 0.25) is 0 Å². The third kappa shape index (κ3) is 4.48. The standard InChI is InChI=1S/C20H16F3N5O4/c21-20(22,23)12-2-1-3-14(10-12)28-19(31)26-18(27-28)24-13-6-4-11(5-7-13)16(29)25-15-8-9-32-17(15)30/h1-7,10,15H,8-9H2,(H,25,29)(H2,24,26,27,31)/t15-/m0/s1. The molecule has 2 aromatic carbocycles. The van der Waals surface area contributed by atoms with Gasteiger partial charge in [-0.15, -0.1) is 5.10 Å².